The summed E-state index contributed by atoms with van der Waals surface area (Å²) in [5.41, 5.74) is 0.216. The fraction of sp³-hybridized carbons (Fsp3) is 0.929. The van der Waals surface area contributed by atoms with Crippen LogP contribution in [0.25, 0.3) is 0 Å². The van der Waals surface area contributed by atoms with Gasteiger partial charge in [-0.1, -0.05) is 26.2 Å². The Bertz CT molecular complexity index is 408. The molecule has 1 heterocycles. The molecule has 0 saturated heterocycles. The highest BCUT2D eigenvalue weighted by atomic mass is 15.6. The molecular formula is C14H28N6. The molecule has 1 fully saturated rings. The normalized spacial score (nSPS) is 20.2. The average Bonchev–Trinajstić information content (AvgIpc) is 2.84. The van der Waals surface area contributed by atoms with Gasteiger partial charge in [0.1, 0.15) is 0 Å². The number of nitrogens with one attached hydrogen (secondary N) is 1. The molecular weight excluding hydrogens is 252 g/mol. The van der Waals surface area contributed by atoms with Gasteiger partial charge in [-0.2, -0.15) is 4.80 Å². The Morgan fingerprint density at radius 3 is 2.50 bits per heavy atom. The Balaban J connectivity index is 2.19. The smallest absolute Gasteiger partial charge is 0.176 e. The first-order chi connectivity index (χ1) is 9.58. The monoisotopic (exact) mass is 280 g/mol. The van der Waals surface area contributed by atoms with Crippen LogP contribution in [-0.2, 0) is 13.5 Å². The molecule has 6 nitrogen and oxygen atoms in total. The minimum atomic E-state index is 0.216. The number of aryl methyl sites for hydroxylation is 1. The Morgan fingerprint density at radius 1 is 1.30 bits per heavy atom. The summed E-state index contributed by atoms with van der Waals surface area (Å²) in [5.74, 6) is 0.838. The summed E-state index contributed by atoms with van der Waals surface area (Å²) in [7, 11) is 6.24. The van der Waals surface area contributed by atoms with E-state index in [2.05, 4.69) is 46.6 Å². The molecule has 1 saturated carbocycles. The van der Waals surface area contributed by atoms with Crippen molar-refractivity contribution in [2.75, 3.05) is 20.6 Å². The second-order valence-corrected chi connectivity index (χ2v) is 6.07. The Kier molecular flexibility index (Phi) is 5.10. The maximum absolute atomic E-state index is 4.35. The highest BCUT2D eigenvalue weighted by molar-refractivity contribution is 5.04. The quantitative estimate of drug-likeness (QED) is 0.842. The Morgan fingerprint density at radius 2 is 2.00 bits per heavy atom. The summed E-state index contributed by atoms with van der Waals surface area (Å²) in [6.07, 6.45) is 7.33. The lowest BCUT2D eigenvalue weighted by Gasteiger charge is -2.48. The van der Waals surface area contributed by atoms with Crippen molar-refractivity contribution < 1.29 is 0 Å². The average molecular weight is 280 g/mol. The lowest BCUT2D eigenvalue weighted by molar-refractivity contribution is 0.0567. The molecule has 1 aliphatic carbocycles. The molecule has 1 aromatic rings. The maximum Gasteiger partial charge on any atom is 0.176 e. The molecule has 0 aromatic carbocycles. The van der Waals surface area contributed by atoms with E-state index in [0.29, 0.717) is 6.04 Å². The van der Waals surface area contributed by atoms with Crippen molar-refractivity contribution in [3.63, 3.8) is 0 Å². The molecule has 6 heteroatoms. The van der Waals surface area contributed by atoms with Gasteiger partial charge < -0.3 is 10.2 Å². The van der Waals surface area contributed by atoms with Crippen molar-refractivity contribution in [3.05, 3.63) is 5.82 Å². The maximum atomic E-state index is 4.35. The van der Waals surface area contributed by atoms with Crippen molar-refractivity contribution in [1.29, 1.82) is 0 Å². The van der Waals surface area contributed by atoms with Gasteiger partial charge >= 0.3 is 0 Å². The third-order valence-corrected chi connectivity index (χ3v) is 4.65. The topological polar surface area (TPSA) is 58.9 Å². The minimum absolute atomic E-state index is 0.216. The lowest BCUT2D eigenvalue weighted by atomic mass is 9.74. The van der Waals surface area contributed by atoms with Crippen molar-refractivity contribution in [1.82, 2.24) is 30.4 Å². The van der Waals surface area contributed by atoms with Gasteiger partial charge in [-0.25, -0.2) is 0 Å². The van der Waals surface area contributed by atoms with Crippen molar-refractivity contribution in [3.8, 4) is 0 Å². The molecule has 1 aromatic heterocycles. The number of hydrogen-bond donors (Lipinski definition) is 1. The van der Waals surface area contributed by atoms with Crippen molar-refractivity contribution in [2.24, 2.45) is 7.05 Å². The molecule has 0 bridgehead atoms. The Hall–Kier alpha value is -1.01. The van der Waals surface area contributed by atoms with E-state index in [1.807, 2.05) is 7.05 Å². The third kappa shape index (κ3) is 3.17. The standard InChI is InChI=1S/C14H28N6/c1-5-15-12(11-13-16-18-20(4)17-13)14(19(2)3)9-7-6-8-10-14/h12,15H,5-11H2,1-4H3. The molecule has 1 aliphatic rings. The van der Waals surface area contributed by atoms with Gasteiger partial charge in [0, 0.05) is 18.0 Å². The van der Waals surface area contributed by atoms with E-state index in [4.69, 9.17) is 0 Å². The van der Waals surface area contributed by atoms with Crippen LogP contribution in [0.15, 0.2) is 0 Å². The van der Waals surface area contributed by atoms with E-state index in [9.17, 15) is 0 Å². The first-order valence-electron chi connectivity index (χ1n) is 7.72. The second kappa shape index (κ2) is 6.63. The molecule has 0 aliphatic heterocycles. The number of aromatic nitrogens is 4. The number of rotatable bonds is 6. The van der Waals surface area contributed by atoms with Gasteiger partial charge in [0.05, 0.1) is 7.05 Å². The summed E-state index contributed by atoms with van der Waals surface area (Å²) in [6, 6.07) is 0.381. The third-order valence-electron chi connectivity index (χ3n) is 4.65. The first kappa shape index (κ1) is 15.4. The van der Waals surface area contributed by atoms with E-state index in [0.717, 1.165) is 18.8 Å². The molecule has 1 unspecified atom stereocenters. The van der Waals surface area contributed by atoms with Crippen molar-refractivity contribution >= 4 is 0 Å². The summed E-state index contributed by atoms with van der Waals surface area (Å²) in [6.45, 7) is 3.14. The largest absolute Gasteiger partial charge is 0.312 e. The predicted molar refractivity (Wildman–Crippen MR) is 79.5 cm³/mol. The van der Waals surface area contributed by atoms with Gasteiger partial charge in [0.15, 0.2) is 5.82 Å². The molecule has 0 amide bonds. The number of tetrazole rings is 1. The SMILES string of the molecule is CCNC(Cc1nnn(C)n1)C1(N(C)C)CCCCC1. The molecule has 0 radical (unpaired) electrons. The van der Waals surface area contributed by atoms with E-state index < -0.39 is 0 Å². The lowest BCUT2D eigenvalue weighted by Crippen LogP contribution is -2.60. The zero-order valence-corrected chi connectivity index (χ0v) is 13.3. The van der Waals surface area contributed by atoms with Crippen LogP contribution >= 0.6 is 0 Å². The molecule has 0 spiro atoms. The summed E-state index contributed by atoms with van der Waals surface area (Å²) < 4.78 is 0. The molecule has 2 rings (SSSR count). The van der Waals surface area contributed by atoms with E-state index in [-0.39, 0.29) is 5.54 Å². The van der Waals surface area contributed by atoms with Gasteiger partial charge in [0.2, 0.25) is 0 Å². The highest BCUT2D eigenvalue weighted by Crippen LogP contribution is 2.36. The molecule has 114 valence electrons. The van der Waals surface area contributed by atoms with Gasteiger partial charge in [0.25, 0.3) is 0 Å². The molecule has 1 atom stereocenters. The predicted octanol–water partition coefficient (Wildman–Crippen LogP) is 0.995. The first-order valence-corrected chi connectivity index (χ1v) is 7.72. The number of likely N-dealkylation sites (N-methyl/N-ethyl adjacent to an activating group) is 2. The van der Waals surface area contributed by atoms with Crippen LogP contribution in [0.2, 0.25) is 0 Å². The second-order valence-electron chi connectivity index (χ2n) is 6.07. The number of nitrogens with zero attached hydrogens (tertiary/aromatic N) is 5. The number of hydrogen-bond acceptors (Lipinski definition) is 5. The molecule has 1 N–H and O–H groups in total. The Labute approximate surface area is 121 Å². The van der Waals surface area contributed by atoms with Crippen LogP contribution in [0.3, 0.4) is 0 Å². The van der Waals surface area contributed by atoms with Crippen LogP contribution in [0, 0.1) is 0 Å². The van der Waals surface area contributed by atoms with Crippen LogP contribution in [-0.4, -0.2) is 57.3 Å². The fourth-order valence-electron chi connectivity index (χ4n) is 3.56. The van der Waals surface area contributed by atoms with Gasteiger partial charge in [-0.3, -0.25) is 0 Å². The van der Waals surface area contributed by atoms with Crippen LogP contribution in [0.5, 0.6) is 0 Å². The van der Waals surface area contributed by atoms with Crippen LogP contribution < -0.4 is 5.32 Å². The van der Waals surface area contributed by atoms with Crippen LogP contribution in [0.4, 0.5) is 0 Å². The minimum Gasteiger partial charge on any atom is -0.312 e. The van der Waals surface area contributed by atoms with Crippen LogP contribution in [0.1, 0.15) is 44.9 Å². The fourth-order valence-corrected chi connectivity index (χ4v) is 3.56. The zero-order valence-electron chi connectivity index (χ0n) is 13.3. The van der Waals surface area contributed by atoms with E-state index >= 15 is 0 Å². The van der Waals surface area contributed by atoms with Crippen molar-refractivity contribution in [2.45, 2.75) is 57.0 Å². The summed E-state index contributed by atoms with van der Waals surface area (Å²) >= 11 is 0. The summed E-state index contributed by atoms with van der Waals surface area (Å²) in [4.78, 5) is 3.96. The zero-order chi connectivity index (χ0) is 14.6. The van der Waals surface area contributed by atoms with Gasteiger partial charge in [-0.15, -0.1) is 10.2 Å². The van der Waals surface area contributed by atoms with E-state index in [1.54, 1.807) is 4.80 Å². The highest BCUT2D eigenvalue weighted by Gasteiger charge is 2.41. The summed E-state index contributed by atoms with van der Waals surface area (Å²) in [5, 5.41) is 16.2. The van der Waals surface area contributed by atoms with E-state index in [1.165, 1.54) is 32.1 Å². The molecule has 20 heavy (non-hydrogen) atoms. The van der Waals surface area contributed by atoms with Gasteiger partial charge in [-0.05, 0) is 38.7 Å².